The Bertz CT molecular complexity index is 448. The summed E-state index contributed by atoms with van der Waals surface area (Å²) in [7, 11) is 1.85. The number of piperidine rings is 1. The van der Waals surface area contributed by atoms with Crippen molar-refractivity contribution in [3.63, 3.8) is 0 Å². The van der Waals surface area contributed by atoms with E-state index in [0.29, 0.717) is 12.0 Å². The summed E-state index contributed by atoms with van der Waals surface area (Å²) >= 11 is 0. The van der Waals surface area contributed by atoms with Crippen molar-refractivity contribution in [1.82, 2.24) is 25.3 Å². The molecule has 1 atom stereocenters. The van der Waals surface area contributed by atoms with Crippen molar-refractivity contribution < 1.29 is 0 Å². The highest BCUT2D eigenvalue weighted by molar-refractivity contribution is 5.79. The van der Waals surface area contributed by atoms with Gasteiger partial charge in [0.1, 0.15) is 0 Å². The van der Waals surface area contributed by atoms with Gasteiger partial charge in [-0.2, -0.15) is 5.10 Å². The lowest BCUT2D eigenvalue weighted by Gasteiger charge is -2.33. The molecule has 1 aromatic heterocycles. The van der Waals surface area contributed by atoms with E-state index in [1.165, 1.54) is 38.9 Å². The highest BCUT2D eigenvalue weighted by atomic mass is 15.3. The number of hydrogen-bond acceptors (Lipinski definition) is 3. The van der Waals surface area contributed by atoms with Crippen LogP contribution in [0.2, 0.25) is 0 Å². The second-order valence-electron chi connectivity index (χ2n) is 6.55. The average molecular weight is 320 g/mol. The summed E-state index contributed by atoms with van der Waals surface area (Å²) in [4.78, 5) is 6.92. The van der Waals surface area contributed by atoms with Crippen molar-refractivity contribution >= 4 is 5.96 Å². The lowest BCUT2D eigenvalue weighted by atomic mass is 10.1. The van der Waals surface area contributed by atoms with Gasteiger partial charge in [-0.1, -0.05) is 13.8 Å². The molecule has 0 saturated carbocycles. The fourth-order valence-electron chi connectivity index (χ4n) is 3.07. The van der Waals surface area contributed by atoms with Gasteiger partial charge in [0.25, 0.3) is 0 Å². The molecule has 2 rings (SSSR count). The fraction of sp³-hybridized carbons (Fsp3) is 0.765. The molecule has 6 heteroatoms. The SMILES string of the molecule is CCCN1CCC(NC(=NC)NCC(C)Cn2cccn2)CC1. The largest absolute Gasteiger partial charge is 0.356 e. The zero-order chi connectivity index (χ0) is 16.5. The number of aromatic nitrogens is 2. The molecule has 1 fully saturated rings. The molecule has 0 amide bonds. The number of nitrogens with zero attached hydrogens (tertiary/aromatic N) is 4. The van der Waals surface area contributed by atoms with E-state index >= 15 is 0 Å². The molecule has 0 aliphatic carbocycles. The molecular weight excluding hydrogens is 288 g/mol. The molecule has 0 aromatic carbocycles. The van der Waals surface area contributed by atoms with Crippen LogP contribution in [-0.2, 0) is 6.54 Å². The number of nitrogens with one attached hydrogen (secondary N) is 2. The third-order valence-electron chi connectivity index (χ3n) is 4.37. The Morgan fingerprint density at radius 2 is 2.17 bits per heavy atom. The third-order valence-corrected chi connectivity index (χ3v) is 4.37. The average Bonchev–Trinajstić information content (AvgIpc) is 3.06. The maximum absolute atomic E-state index is 4.36. The Kier molecular flexibility index (Phi) is 7.39. The van der Waals surface area contributed by atoms with Crippen LogP contribution in [0, 0.1) is 5.92 Å². The Hall–Kier alpha value is -1.56. The first-order chi connectivity index (χ1) is 11.2. The maximum Gasteiger partial charge on any atom is 0.191 e. The Morgan fingerprint density at radius 1 is 1.39 bits per heavy atom. The van der Waals surface area contributed by atoms with E-state index in [4.69, 9.17) is 0 Å². The van der Waals surface area contributed by atoms with E-state index in [1.54, 1.807) is 0 Å². The van der Waals surface area contributed by atoms with Gasteiger partial charge in [0.15, 0.2) is 5.96 Å². The van der Waals surface area contributed by atoms with Gasteiger partial charge in [0.05, 0.1) is 0 Å². The third kappa shape index (κ3) is 6.22. The minimum Gasteiger partial charge on any atom is -0.356 e. The highest BCUT2D eigenvalue weighted by Gasteiger charge is 2.19. The van der Waals surface area contributed by atoms with E-state index in [-0.39, 0.29) is 0 Å². The highest BCUT2D eigenvalue weighted by Crippen LogP contribution is 2.10. The van der Waals surface area contributed by atoms with E-state index in [1.807, 2.05) is 30.2 Å². The summed E-state index contributed by atoms with van der Waals surface area (Å²) in [6.45, 7) is 9.91. The first-order valence-corrected chi connectivity index (χ1v) is 8.88. The smallest absolute Gasteiger partial charge is 0.191 e. The van der Waals surface area contributed by atoms with Crippen LogP contribution in [0.5, 0.6) is 0 Å². The second-order valence-corrected chi connectivity index (χ2v) is 6.55. The van der Waals surface area contributed by atoms with Gasteiger partial charge in [0, 0.05) is 51.7 Å². The Labute approximate surface area is 140 Å². The predicted octanol–water partition coefficient (Wildman–Crippen LogP) is 1.56. The molecule has 2 heterocycles. The molecule has 1 aromatic rings. The summed E-state index contributed by atoms with van der Waals surface area (Å²) in [5.74, 6) is 1.42. The Morgan fingerprint density at radius 3 is 2.78 bits per heavy atom. The first kappa shape index (κ1) is 17.8. The molecule has 1 saturated heterocycles. The minimum atomic E-state index is 0.500. The van der Waals surface area contributed by atoms with E-state index < -0.39 is 0 Å². The summed E-state index contributed by atoms with van der Waals surface area (Å²) in [6, 6.07) is 2.50. The van der Waals surface area contributed by atoms with Crippen molar-refractivity contribution in [3.8, 4) is 0 Å². The van der Waals surface area contributed by atoms with E-state index in [0.717, 1.165) is 19.0 Å². The zero-order valence-electron chi connectivity index (χ0n) is 14.8. The van der Waals surface area contributed by atoms with Gasteiger partial charge in [-0.25, -0.2) is 0 Å². The number of hydrogen-bond donors (Lipinski definition) is 2. The maximum atomic E-state index is 4.36. The van der Waals surface area contributed by atoms with Crippen molar-refractivity contribution in [3.05, 3.63) is 18.5 Å². The Balaban J connectivity index is 1.67. The van der Waals surface area contributed by atoms with Crippen LogP contribution in [-0.4, -0.2) is 59.9 Å². The molecule has 1 aliphatic rings. The second kappa shape index (κ2) is 9.55. The normalized spacial score (nSPS) is 18.8. The van der Waals surface area contributed by atoms with Crippen LogP contribution in [0.3, 0.4) is 0 Å². The lowest BCUT2D eigenvalue weighted by molar-refractivity contribution is 0.206. The van der Waals surface area contributed by atoms with Gasteiger partial charge in [-0.15, -0.1) is 0 Å². The standard InChI is InChI=1S/C17H32N6/c1-4-9-22-11-6-16(7-12-22)21-17(18-3)19-13-15(2)14-23-10-5-8-20-23/h5,8,10,15-16H,4,6-7,9,11-14H2,1-3H3,(H2,18,19,21). The van der Waals surface area contributed by atoms with Crippen LogP contribution in [0.4, 0.5) is 0 Å². The van der Waals surface area contributed by atoms with Crippen LogP contribution in [0.1, 0.15) is 33.1 Å². The van der Waals surface area contributed by atoms with Gasteiger partial charge in [-0.3, -0.25) is 9.67 Å². The van der Waals surface area contributed by atoms with Gasteiger partial charge < -0.3 is 15.5 Å². The van der Waals surface area contributed by atoms with Gasteiger partial charge >= 0.3 is 0 Å². The van der Waals surface area contributed by atoms with Crippen LogP contribution in [0.25, 0.3) is 0 Å². The van der Waals surface area contributed by atoms with Crippen molar-refractivity contribution in [2.75, 3.05) is 33.2 Å². The molecule has 0 radical (unpaired) electrons. The monoisotopic (exact) mass is 320 g/mol. The van der Waals surface area contributed by atoms with E-state index in [9.17, 15) is 0 Å². The molecule has 1 unspecified atom stereocenters. The van der Waals surface area contributed by atoms with E-state index in [2.05, 4.69) is 39.5 Å². The quantitative estimate of drug-likeness (QED) is 0.591. The van der Waals surface area contributed by atoms with Crippen molar-refractivity contribution in [1.29, 1.82) is 0 Å². The minimum absolute atomic E-state index is 0.500. The topological polar surface area (TPSA) is 57.5 Å². The van der Waals surface area contributed by atoms with Crippen LogP contribution >= 0.6 is 0 Å². The summed E-state index contributed by atoms with van der Waals surface area (Å²) in [5, 5.41) is 11.3. The van der Waals surface area contributed by atoms with Crippen molar-refractivity contribution in [2.45, 2.75) is 45.7 Å². The summed E-state index contributed by atoms with van der Waals surface area (Å²) in [5.41, 5.74) is 0. The molecule has 0 bridgehead atoms. The van der Waals surface area contributed by atoms with Gasteiger partial charge in [-0.05, 0) is 37.8 Å². The molecule has 23 heavy (non-hydrogen) atoms. The number of rotatable bonds is 7. The molecule has 2 N–H and O–H groups in total. The number of likely N-dealkylation sites (tertiary alicyclic amines) is 1. The molecule has 6 nitrogen and oxygen atoms in total. The predicted molar refractivity (Wildman–Crippen MR) is 95.6 cm³/mol. The van der Waals surface area contributed by atoms with Crippen LogP contribution in [0.15, 0.2) is 23.5 Å². The van der Waals surface area contributed by atoms with Crippen LogP contribution < -0.4 is 10.6 Å². The van der Waals surface area contributed by atoms with Gasteiger partial charge in [0.2, 0.25) is 0 Å². The lowest BCUT2D eigenvalue weighted by Crippen LogP contribution is -2.49. The molecule has 130 valence electrons. The fourth-order valence-corrected chi connectivity index (χ4v) is 3.07. The molecule has 1 aliphatic heterocycles. The number of aliphatic imine (C=N–C) groups is 1. The molecular formula is C17H32N6. The number of guanidine groups is 1. The molecule has 0 spiro atoms. The summed E-state index contributed by atoms with van der Waals surface area (Å²) in [6.07, 6.45) is 7.47. The van der Waals surface area contributed by atoms with Crippen molar-refractivity contribution in [2.24, 2.45) is 10.9 Å². The first-order valence-electron chi connectivity index (χ1n) is 8.88. The summed E-state index contributed by atoms with van der Waals surface area (Å²) < 4.78 is 1.98. The zero-order valence-corrected chi connectivity index (χ0v) is 14.8.